The molecule has 1 aliphatic carbocycles. The smallest absolute Gasteiger partial charge is 0.0540 e. The maximum absolute atomic E-state index is 8.45. The summed E-state index contributed by atoms with van der Waals surface area (Å²) >= 11 is 1.71. The fourth-order valence-corrected chi connectivity index (χ4v) is 1.07. The molecule has 0 saturated heterocycles. The Hall–Kier alpha value is -0.340. The van der Waals surface area contributed by atoms with Crippen LogP contribution in [0.5, 0.6) is 0 Å². The van der Waals surface area contributed by atoms with E-state index in [1.165, 1.54) is 6.42 Å². The Balaban J connectivity index is 0.0000001000. The minimum Gasteiger partial charge on any atom is -0.393 e. The van der Waals surface area contributed by atoms with Crippen LogP contribution in [0.2, 0.25) is 0 Å². The van der Waals surface area contributed by atoms with Gasteiger partial charge >= 0.3 is 0 Å². The van der Waals surface area contributed by atoms with Crippen molar-refractivity contribution in [2.75, 3.05) is 0 Å². The number of hydrogen-bond donors (Lipinski definition) is 1. The van der Waals surface area contributed by atoms with E-state index in [-0.39, 0.29) is 6.10 Å². The summed E-state index contributed by atoms with van der Waals surface area (Å²) < 4.78 is 0. The van der Waals surface area contributed by atoms with Crippen LogP contribution in [0.4, 0.5) is 0 Å². The van der Waals surface area contributed by atoms with Crippen molar-refractivity contribution in [2.45, 2.75) is 25.4 Å². The van der Waals surface area contributed by atoms with Crippen LogP contribution < -0.4 is 0 Å². The van der Waals surface area contributed by atoms with Gasteiger partial charge in [-0.25, -0.2) is 0 Å². The fraction of sp³-hybridized carbons (Fsp3) is 0.500. The lowest BCUT2D eigenvalue weighted by Crippen LogP contribution is -2.15. The van der Waals surface area contributed by atoms with E-state index < -0.39 is 0 Å². The van der Waals surface area contributed by atoms with Crippen LogP contribution in [-0.2, 0) is 0 Å². The van der Waals surface area contributed by atoms with Crippen molar-refractivity contribution in [1.29, 1.82) is 0 Å². The van der Waals surface area contributed by atoms with E-state index in [4.69, 9.17) is 5.11 Å². The highest BCUT2D eigenvalue weighted by atomic mass is 32.1. The molecular formula is C8H12OS. The molecule has 56 valence electrons. The van der Waals surface area contributed by atoms with Gasteiger partial charge in [0.05, 0.1) is 6.10 Å². The molecule has 0 radical (unpaired) electrons. The van der Waals surface area contributed by atoms with Crippen LogP contribution in [0.1, 0.15) is 19.3 Å². The Morgan fingerprint density at radius 2 is 1.70 bits per heavy atom. The highest BCUT2D eigenvalue weighted by Gasteiger charge is 2.11. The zero-order chi connectivity index (χ0) is 7.23. The second kappa shape index (κ2) is 4.47. The van der Waals surface area contributed by atoms with Crippen molar-refractivity contribution in [3.05, 3.63) is 22.9 Å². The minimum atomic E-state index is 0.0648. The van der Waals surface area contributed by atoms with Crippen LogP contribution in [-0.4, -0.2) is 11.2 Å². The second-order valence-corrected chi connectivity index (χ2v) is 3.19. The summed E-state index contributed by atoms with van der Waals surface area (Å²) in [6.45, 7) is 0. The molecule has 0 unspecified atom stereocenters. The lowest BCUT2D eigenvalue weighted by atomic mass is 9.97. The summed E-state index contributed by atoms with van der Waals surface area (Å²) in [5.41, 5.74) is 0. The Morgan fingerprint density at radius 1 is 1.20 bits per heavy atom. The predicted octanol–water partition coefficient (Wildman–Crippen LogP) is 2.28. The van der Waals surface area contributed by atoms with Gasteiger partial charge in [0.2, 0.25) is 0 Å². The lowest BCUT2D eigenvalue weighted by Gasteiger charge is -2.17. The Morgan fingerprint density at radius 3 is 1.80 bits per heavy atom. The van der Waals surface area contributed by atoms with Crippen molar-refractivity contribution in [2.24, 2.45) is 0 Å². The molecule has 0 amide bonds. The molecule has 1 saturated carbocycles. The first-order valence-corrected chi connectivity index (χ1v) is 4.49. The highest BCUT2D eigenvalue weighted by molar-refractivity contribution is 7.07. The number of aliphatic hydroxyl groups is 1. The standard InChI is InChI=1S/C4H8O.C4H4S/c5-4-2-1-3-4;1-2-4-5-3-1/h4-5H,1-3H2;1-4H. The quantitative estimate of drug-likeness (QED) is 0.611. The average Bonchev–Trinajstić information content (AvgIpc) is 2.38. The van der Waals surface area contributed by atoms with E-state index in [2.05, 4.69) is 0 Å². The maximum atomic E-state index is 8.45. The van der Waals surface area contributed by atoms with Crippen LogP contribution >= 0.6 is 11.3 Å². The third-order valence-corrected chi connectivity index (χ3v) is 2.13. The zero-order valence-corrected chi connectivity index (χ0v) is 6.68. The molecule has 0 aromatic carbocycles. The maximum Gasteiger partial charge on any atom is 0.0540 e. The molecule has 1 aromatic heterocycles. The summed E-state index contributed by atoms with van der Waals surface area (Å²) in [5, 5.41) is 12.5. The normalized spacial score (nSPS) is 16.9. The van der Waals surface area contributed by atoms with E-state index in [9.17, 15) is 0 Å². The number of hydrogen-bond acceptors (Lipinski definition) is 2. The summed E-state index contributed by atoms with van der Waals surface area (Å²) in [6.07, 6.45) is 3.39. The molecule has 0 spiro atoms. The fourth-order valence-electron chi connectivity index (χ4n) is 0.614. The summed E-state index contributed by atoms with van der Waals surface area (Å²) in [7, 11) is 0. The molecule has 10 heavy (non-hydrogen) atoms. The molecule has 2 rings (SSSR count). The SMILES string of the molecule is OC1CCC1.c1ccsc1. The summed E-state index contributed by atoms with van der Waals surface area (Å²) in [5.74, 6) is 0. The molecule has 2 heteroatoms. The van der Waals surface area contributed by atoms with Gasteiger partial charge in [0.25, 0.3) is 0 Å². The van der Waals surface area contributed by atoms with E-state index in [0.29, 0.717) is 0 Å². The van der Waals surface area contributed by atoms with Gasteiger partial charge in [-0.05, 0) is 30.0 Å². The van der Waals surface area contributed by atoms with Crippen LogP contribution in [0.25, 0.3) is 0 Å². The minimum absolute atomic E-state index is 0.0648. The largest absolute Gasteiger partial charge is 0.393 e. The average molecular weight is 156 g/mol. The predicted molar refractivity (Wildman–Crippen MR) is 44.2 cm³/mol. The molecule has 1 aromatic rings. The zero-order valence-electron chi connectivity index (χ0n) is 5.86. The van der Waals surface area contributed by atoms with Gasteiger partial charge < -0.3 is 5.11 Å². The Labute approximate surface area is 65.3 Å². The third kappa shape index (κ3) is 2.99. The molecule has 1 aliphatic rings. The molecule has 0 aliphatic heterocycles. The number of rotatable bonds is 0. The summed E-state index contributed by atoms with van der Waals surface area (Å²) in [6, 6.07) is 4.04. The van der Waals surface area contributed by atoms with Crippen molar-refractivity contribution in [3.63, 3.8) is 0 Å². The first-order valence-electron chi connectivity index (χ1n) is 3.55. The van der Waals surface area contributed by atoms with Crippen molar-refractivity contribution in [3.8, 4) is 0 Å². The third-order valence-electron chi connectivity index (χ3n) is 1.50. The van der Waals surface area contributed by atoms with Crippen LogP contribution in [0, 0.1) is 0 Å². The number of aliphatic hydroxyl groups excluding tert-OH is 1. The van der Waals surface area contributed by atoms with Crippen molar-refractivity contribution >= 4 is 11.3 Å². The molecule has 1 nitrogen and oxygen atoms in total. The van der Waals surface area contributed by atoms with Gasteiger partial charge in [-0.2, -0.15) is 11.3 Å². The van der Waals surface area contributed by atoms with Gasteiger partial charge in [-0.3, -0.25) is 0 Å². The first kappa shape index (κ1) is 7.76. The lowest BCUT2D eigenvalue weighted by molar-refractivity contribution is 0.0950. The Kier molecular flexibility index (Phi) is 3.47. The van der Waals surface area contributed by atoms with Crippen molar-refractivity contribution < 1.29 is 5.11 Å². The van der Waals surface area contributed by atoms with E-state index in [0.717, 1.165) is 12.8 Å². The second-order valence-electron chi connectivity index (χ2n) is 2.38. The van der Waals surface area contributed by atoms with E-state index in [1.54, 1.807) is 11.3 Å². The van der Waals surface area contributed by atoms with Gasteiger partial charge in [0, 0.05) is 0 Å². The highest BCUT2D eigenvalue weighted by Crippen LogP contribution is 2.16. The summed E-state index contributed by atoms with van der Waals surface area (Å²) in [4.78, 5) is 0. The van der Waals surface area contributed by atoms with Crippen molar-refractivity contribution in [1.82, 2.24) is 0 Å². The molecule has 0 bridgehead atoms. The molecule has 1 fully saturated rings. The molecule has 0 atom stereocenters. The van der Waals surface area contributed by atoms with Crippen LogP contribution in [0.3, 0.4) is 0 Å². The first-order chi connectivity index (χ1) is 4.89. The van der Waals surface area contributed by atoms with Gasteiger partial charge in [0.1, 0.15) is 0 Å². The number of thiophene rings is 1. The monoisotopic (exact) mass is 156 g/mol. The molecule has 1 heterocycles. The van der Waals surface area contributed by atoms with Gasteiger partial charge in [0.15, 0.2) is 0 Å². The molecule has 1 N–H and O–H groups in total. The topological polar surface area (TPSA) is 20.2 Å². The van der Waals surface area contributed by atoms with E-state index >= 15 is 0 Å². The van der Waals surface area contributed by atoms with E-state index in [1.807, 2.05) is 22.9 Å². The van der Waals surface area contributed by atoms with Crippen LogP contribution in [0.15, 0.2) is 22.9 Å². The van der Waals surface area contributed by atoms with Gasteiger partial charge in [-0.1, -0.05) is 12.1 Å². The molecular weight excluding hydrogens is 144 g/mol. The Bertz CT molecular complexity index is 127. The van der Waals surface area contributed by atoms with Gasteiger partial charge in [-0.15, -0.1) is 0 Å².